The Morgan fingerprint density at radius 2 is 1.86 bits per heavy atom. The third kappa shape index (κ3) is 6.26. The van der Waals surface area contributed by atoms with Crippen LogP contribution in [0.25, 0.3) is 0 Å². The van der Waals surface area contributed by atoms with Crippen molar-refractivity contribution in [2.24, 2.45) is 5.92 Å². The van der Waals surface area contributed by atoms with E-state index >= 15 is 0 Å². The maximum atomic E-state index is 12.0. The minimum atomic E-state index is -1.11. The van der Waals surface area contributed by atoms with Gasteiger partial charge in [0.05, 0.1) is 7.11 Å². The van der Waals surface area contributed by atoms with Crippen LogP contribution < -0.4 is 5.32 Å². The highest BCUT2D eigenvalue weighted by molar-refractivity contribution is 5.86. The van der Waals surface area contributed by atoms with Crippen LogP contribution >= 0.6 is 0 Å². The van der Waals surface area contributed by atoms with Gasteiger partial charge in [-0.05, 0) is 30.7 Å². The molecule has 0 radical (unpaired) electrons. The van der Waals surface area contributed by atoms with Crippen molar-refractivity contribution in [3.63, 3.8) is 0 Å². The van der Waals surface area contributed by atoms with Crippen LogP contribution in [0.1, 0.15) is 32.3 Å². The Morgan fingerprint density at radius 1 is 1.23 bits per heavy atom. The Kier molecular flexibility index (Phi) is 7.60. The molecule has 1 aromatic carbocycles. The molecule has 1 rings (SSSR count). The molecule has 0 saturated carbocycles. The standard InChI is InChI=1S/C17H25NO4/c1-12(2)11-15(19)16(20)18-14(17(21)22-3)10-9-13-7-5-4-6-8-13/h4-8,12,14-15,19H,9-11H2,1-3H3,(H,18,20)/t14-,15+/m1/s1. The first-order valence-corrected chi connectivity index (χ1v) is 7.54. The van der Waals surface area contributed by atoms with Crippen LogP contribution in [0.3, 0.4) is 0 Å². The van der Waals surface area contributed by atoms with Crippen LogP contribution in [0.2, 0.25) is 0 Å². The summed E-state index contributed by atoms with van der Waals surface area (Å²) >= 11 is 0. The van der Waals surface area contributed by atoms with Crippen LogP contribution in [0.4, 0.5) is 0 Å². The number of methoxy groups -OCH3 is 1. The van der Waals surface area contributed by atoms with Crippen molar-refractivity contribution in [1.82, 2.24) is 5.32 Å². The molecule has 22 heavy (non-hydrogen) atoms. The molecular formula is C17H25NO4. The molecule has 0 spiro atoms. The summed E-state index contributed by atoms with van der Waals surface area (Å²) in [7, 11) is 1.29. The summed E-state index contributed by atoms with van der Waals surface area (Å²) in [5, 5.41) is 12.4. The van der Waals surface area contributed by atoms with E-state index in [0.717, 1.165) is 5.56 Å². The van der Waals surface area contributed by atoms with Crippen LogP contribution in [0.15, 0.2) is 30.3 Å². The van der Waals surface area contributed by atoms with E-state index in [2.05, 4.69) is 5.32 Å². The van der Waals surface area contributed by atoms with Gasteiger partial charge in [0.2, 0.25) is 5.91 Å². The maximum Gasteiger partial charge on any atom is 0.328 e. The van der Waals surface area contributed by atoms with Crippen molar-refractivity contribution in [2.75, 3.05) is 7.11 Å². The highest BCUT2D eigenvalue weighted by atomic mass is 16.5. The van der Waals surface area contributed by atoms with Gasteiger partial charge in [0, 0.05) is 0 Å². The topological polar surface area (TPSA) is 75.6 Å². The molecule has 1 aromatic rings. The fourth-order valence-corrected chi connectivity index (χ4v) is 2.17. The van der Waals surface area contributed by atoms with E-state index in [0.29, 0.717) is 19.3 Å². The lowest BCUT2D eigenvalue weighted by Crippen LogP contribution is -2.46. The van der Waals surface area contributed by atoms with Crippen LogP contribution in [-0.4, -0.2) is 36.2 Å². The summed E-state index contributed by atoms with van der Waals surface area (Å²) in [5.74, 6) is -0.833. The molecule has 0 bridgehead atoms. The fraction of sp³-hybridized carbons (Fsp3) is 0.529. The second-order valence-electron chi connectivity index (χ2n) is 5.75. The molecular weight excluding hydrogens is 282 g/mol. The number of rotatable bonds is 8. The van der Waals surface area contributed by atoms with Gasteiger partial charge >= 0.3 is 5.97 Å². The van der Waals surface area contributed by atoms with Gasteiger partial charge < -0.3 is 15.2 Å². The molecule has 2 N–H and O–H groups in total. The maximum absolute atomic E-state index is 12.0. The molecule has 0 unspecified atom stereocenters. The van der Waals surface area contributed by atoms with Gasteiger partial charge in [-0.3, -0.25) is 4.79 Å². The second-order valence-corrected chi connectivity index (χ2v) is 5.75. The van der Waals surface area contributed by atoms with Gasteiger partial charge in [0.15, 0.2) is 0 Å². The third-order valence-electron chi connectivity index (χ3n) is 3.36. The first kappa shape index (κ1) is 18.2. The highest BCUT2D eigenvalue weighted by Crippen LogP contribution is 2.08. The van der Waals surface area contributed by atoms with E-state index in [4.69, 9.17) is 4.74 Å². The first-order chi connectivity index (χ1) is 10.4. The lowest BCUT2D eigenvalue weighted by molar-refractivity contribution is -0.146. The Balaban J connectivity index is 2.61. The monoisotopic (exact) mass is 307 g/mol. The van der Waals surface area contributed by atoms with Gasteiger partial charge in [-0.15, -0.1) is 0 Å². The van der Waals surface area contributed by atoms with Crippen molar-refractivity contribution in [3.05, 3.63) is 35.9 Å². The molecule has 5 nitrogen and oxygen atoms in total. The molecule has 122 valence electrons. The van der Waals surface area contributed by atoms with Crippen LogP contribution in [0, 0.1) is 5.92 Å². The third-order valence-corrected chi connectivity index (χ3v) is 3.36. The van der Waals surface area contributed by atoms with E-state index in [9.17, 15) is 14.7 Å². The number of aryl methyl sites for hydroxylation is 1. The molecule has 0 heterocycles. The number of aliphatic hydroxyl groups excluding tert-OH is 1. The molecule has 1 amide bonds. The first-order valence-electron chi connectivity index (χ1n) is 7.54. The highest BCUT2D eigenvalue weighted by Gasteiger charge is 2.25. The largest absolute Gasteiger partial charge is 0.467 e. The summed E-state index contributed by atoms with van der Waals surface area (Å²) in [4.78, 5) is 23.7. The van der Waals surface area contributed by atoms with Crippen molar-refractivity contribution < 1.29 is 19.4 Å². The summed E-state index contributed by atoms with van der Waals surface area (Å²) in [5.41, 5.74) is 1.08. The molecule has 2 atom stereocenters. The zero-order chi connectivity index (χ0) is 16.5. The number of hydrogen-bond donors (Lipinski definition) is 2. The Morgan fingerprint density at radius 3 is 2.41 bits per heavy atom. The lowest BCUT2D eigenvalue weighted by Gasteiger charge is -2.19. The average Bonchev–Trinajstić information content (AvgIpc) is 2.50. The number of aliphatic hydroxyl groups is 1. The van der Waals surface area contributed by atoms with Gasteiger partial charge in [0.1, 0.15) is 12.1 Å². The summed E-state index contributed by atoms with van der Waals surface area (Å²) in [6.45, 7) is 3.84. The van der Waals surface area contributed by atoms with E-state index < -0.39 is 24.0 Å². The average molecular weight is 307 g/mol. The smallest absolute Gasteiger partial charge is 0.328 e. The van der Waals surface area contributed by atoms with Crippen molar-refractivity contribution in [3.8, 4) is 0 Å². The van der Waals surface area contributed by atoms with Crippen molar-refractivity contribution in [2.45, 2.75) is 45.3 Å². The van der Waals surface area contributed by atoms with Gasteiger partial charge in [-0.25, -0.2) is 4.79 Å². The number of hydrogen-bond acceptors (Lipinski definition) is 4. The zero-order valence-corrected chi connectivity index (χ0v) is 13.4. The number of carbonyl (C=O) groups is 2. The minimum absolute atomic E-state index is 0.196. The normalized spacial score (nSPS) is 13.5. The number of carbonyl (C=O) groups excluding carboxylic acids is 2. The van der Waals surface area contributed by atoms with Gasteiger partial charge in [-0.2, -0.15) is 0 Å². The van der Waals surface area contributed by atoms with E-state index in [1.165, 1.54) is 7.11 Å². The van der Waals surface area contributed by atoms with Crippen molar-refractivity contribution >= 4 is 11.9 Å². The fourth-order valence-electron chi connectivity index (χ4n) is 2.17. The van der Waals surface area contributed by atoms with E-state index in [1.54, 1.807) is 0 Å². The Hall–Kier alpha value is -1.88. The molecule has 0 saturated heterocycles. The molecule has 0 fully saturated rings. The Labute approximate surface area is 131 Å². The second kappa shape index (κ2) is 9.20. The summed E-state index contributed by atoms with van der Waals surface area (Å²) in [6, 6.07) is 8.94. The molecule has 0 aliphatic heterocycles. The predicted octanol–water partition coefficient (Wildman–Crippen LogP) is 1.68. The number of ether oxygens (including phenoxy) is 1. The molecule has 0 aromatic heterocycles. The Bertz CT molecular complexity index is 473. The number of esters is 1. The van der Waals surface area contributed by atoms with Crippen LogP contribution in [-0.2, 0) is 20.7 Å². The number of benzene rings is 1. The predicted molar refractivity (Wildman–Crippen MR) is 84.2 cm³/mol. The van der Waals surface area contributed by atoms with Gasteiger partial charge in [-0.1, -0.05) is 44.2 Å². The van der Waals surface area contributed by atoms with Crippen molar-refractivity contribution in [1.29, 1.82) is 0 Å². The lowest BCUT2D eigenvalue weighted by atomic mass is 10.0. The van der Waals surface area contributed by atoms with E-state index in [-0.39, 0.29) is 5.92 Å². The van der Waals surface area contributed by atoms with E-state index in [1.807, 2.05) is 44.2 Å². The number of amides is 1. The summed E-state index contributed by atoms with van der Waals surface area (Å²) < 4.78 is 4.73. The SMILES string of the molecule is COC(=O)[C@@H](CCc1ccccc1)NC(=O)[C@@H](O)CC(C)C. The summed E-state index contributed by atoms with van der Waals surface area (Å²) in [6.07, 6.45) is 0.319. The minimum Gasteiger partial charge on any atom is -0.467 e. The molecule has 5 heteroatoms. The number of nitrogens with one attached hydrogen (secondary N) is 1. The van der Waals surface area contributed by atoms with Crippen LogP contribution in [0.5, 0.6) is 0 Å². The zero-order valence-electron chi connectivity index (χ0n) is 13.4. The molecule has 0 aliphatic rings. The van der Waals surface area contributed by atoms with Gasteiger partial charge in [0.25, 0.3) is 0 Å². The molecule has 0 aliphatic carbocycles. The quantitative estimate of drug-likeness (QED) is 0.717.